The number of nitrogens with zero attached hydrogens (tertiary/aromatic N) is 2. The van der Waals surface area contributed by atoms with E-state index in [2.05, 4.69) is 11.2 Å². The van der Waals surface area contributed by atoms with Crippen molar-refractivity contribution in [1.29, 1.82) is 0 Å². The number of fused-ring (bicyclic) bond motifs is 1. The number of aromatic nitrogens is 2. The Kier molecular flexibility index (Phi) is 5.77. The van der Waals surface area contributed by atoms with Gasteiger partial charge >= 0.3 is 0 Å². The van der Waals surface area contributed by atoms with Crippen LogP contribution in [-0.2, 0) is 12.4 Å². The van der Waals surface area contributed by atoms with E-state index in [1.807, 2.05) is 38.9 Å². The van der Waals surface area contributed by atoms with Crippen molar-refractivity contribution in [3.63, 3.8) is 0 Å². The van der Waals surface area contributed by atoms with Gasteiger partial charge in [0.2, 0.25) is 0 Å². The van der Waals surface area contributed by atoms with E-state index in [0.29, 0.717) is 9.45 Å². The van der Waals surface area contributed by atoms with Crippen LogP contribution in [0, 0.1) is 9.39 Å². The van der Waals surface area contributed by atoms with Crippen LogP contribution in [0.5, 0.6) is 0 Å². The maximum absolute atomic E-state index is 13.7. The molecule has 0 aliphatic heterocycles. The number of halogens is 3. The molecule has 0 saturated carbocycles. The molecule has 104 valence electrons. The lowest BCUT2D eigenvalue weighted by atomic mass is 10.3. The van der Waals surface area contributed by atoms with Crippen LogP contribution in [0.2, 0.25) is 0 Å². The third kappa shape index (κ3) is 3.55. The molecule has 2 rings (SSSR count). The molecule has 0 saturated heterocycles. The molecular weight excluding hydrogens is 398 g/mol. The zero-order valence-electron chi connectivity index (χ0n) is 10.6. The molecule has 0 atom stereocenters. The van der Waals surface area contributed by atoms with Crippen molar-refractivity contribution in [2.45, 2.75) is 25.3 Å². The van der Waals surface area contributed by atoms with Crippen LogP contribution in [-0.4, -0.2) is 21.6 Å². The van der Waals surface area contributed by atoms with E-state index in [4.69, 9.17) is 11.6 Å². The highest BCUT2D eigenvalue weighted by atomic mass is 127. The van der Waals surface area contributed by atoms with Gasteiger partial charge in [-0.3, -0.25) is 0 Å². The number of alkyl halides is 1. The van der Waals surface area contributed by atoms with Gasteiger partial charge in [-0.25, -0.2) is 9.37 Å². The van der Waals surface area contributed by atoms with Gasteiger partial charge in [0.25, 0.3) is 0 Å². The first-order valence-corrected chi connectivity index (χ1v) is 9.07. The highest BCUT2D eigenvalue weighted by molar-refractivity contribution is 14.1. The second-order valence-corrected chi connectivity index (χ2v) is 6.68. The zero-order valence-corrected chi connectivity index (χ0v) is 14.4. The zero-order chi connectivity index (χ0) is 13.8. The Morgan fingerprint density at radius 3 is 2.89 bits per heavy atom. The fraction of sp³-hybridized carbons (Fsp3) is 0.462. The van der Waals surface area contributed by atoms with Gasteiger partial charge in [-0.05, 0) is 53.5 Å². The fourth-order valence-corrected chi connectivity index (χ4v) is 3.19. The van der Waals surface area contributed by atoms with E-state index < -0.39 is 0 Å². The number of unbranched alkanes of at least 4 members (excludes halogenated alkanes) is 1. The second-order valence-electron chi connectivity index (χ2n) is 4.27. The molecule has 0 fully saturated rings. The van der Waals surface area contributed by atoms with Crippen LogP contribution in [0.25, 0.3) is 11.0 Å². The number of thioether (sulfide) groups is 1. The van der Waals surface area contributed by atoms with Crippen molar-refractivity contribution in [2.24, 2.45) is 0 Å². The van der Waals surface area contributed by atoms with E-state index in [9.17, 15) is 4.39 Å². The molecule has 6 heteroatoms. The molecule has 1 heterocycles. The normalized spacial score (nSPS) is 11.4. The number of imidazole rings is 1. The topological polar surface area (TPSA) is 17.8 Å². The maximum Gasteiger partial charge on any atom is 0.138 e. The van der Waals surface area contributed by atoms with Crippen LogP contribution in [0.15, 0.2) is 12.1 Å². The van der Waals surface area contributed by atoms with E-state index in [1.165, 1.54) is 0 Å². The van der Waals surface area contributed by atoms with Crippen molar-refractivity contribution in [2.75, 3.05) is 12.0 Å². The smallest absolute Gasteiger partial charge is 0.138 e. The molecule has 19 heavy (non-hydrogen) atoms. The minimum atomic E-state index is -0.195. The maximum atomic E-state index is 13.7. The lowest BCUT2D eigenvalue weighted by Gasteiger charge is -2.07. The summed E-state index contributed by atoms with van der Waals surface area (Å²) in [7, 11) is 0. The molecule has 0 aliphatic rings. The van der Waals surface area contributed by atoms with Gasteiger partial charge in [-0.15, -0.1) is 11.6 Å². The molecule has 2 aromatic rings. The Hall–Kier alpha value is -0.0100. The first-order chi connectivity index (χ1) is 9.17. The van der Waals surface area contributed by atoms with Crippen molar-refractivity contribution in [3.05, 3.63) is 27.3 Å². The Bertz CT molecular complexity index is 573. The summed E-state index contributed by atoms with van der Waals surface area (Å²) >= 11 is 9.77. The molecule has 0 amide bonds. The standard InChI is InChI=1S/C13H15ClFIN2S/c1-19-5-3-2-4-18-12-6-9(15)10(16)7-11(12)17-13(18)8-14/h6-7H,2-5,8H2,1H3. The van der Waals surface area contributed by atoms with E-state index in [1.54, 1.807) is 12.1 Å². The summed E-state index contributed by atoms with van der Waals surface area (Å²) in [5.74, 6) is 2.13. The fourth-order valence-electron chi connectivity index (χ4n) is 2.04. The molecule has 0 N–H and O–H groups in total. The molecule has 0 aliphatic carbocycles. The van der Waals surface area contributed by atoms with Crippen LogP contribution in [0.1, 0.15) is 18.7 Å². The van der Waals surface area contributed by atoms with Crippen molar-refractivity contribution in [3.8, 4) is 0 Å². The van der Waals surface area contributed by atoms with Gasteiger partial charge < -0.3 is 4.57 Å². The van der Waals surface area contributed by atoms with Gasteiger partial charge in [0.1, 0.15) is 11.6 Å². The molecular formula is C13H15ClFIN2S. The summed E-state index contributed by atoms with van der Waals surface area (Å²) in [6.45, 7) is 0.846. The quantitative estimate of drug-likeness (QED) is 0.390. The van der Waals surface area contributed by atoms with Gasteiger partial charge in [0, 0.05) is 12.6 Å². The summed E-state index contributed by atoms with van der Waals surface area (Å²) in [6, 6.07) is 3.34. The van der Waals surface area contributed by atoms with Crippen LogP contribution in [0.3, 0.4) is 0 Å². The monoisotopic (exact) mass is 412 g/mol. The lowest BCUT2D eigenvalue weighted by Crippen LogP contribution is -2.03. The van der Waals surface area contributed by atoms with Gasteiger partial charge in [-0.1, -0.05) is 0 Å². The van der Waals surface area contributed by atoms with Crippen LogP contribution in [0.4, 0.5) is 4.39 Å². The first-order valence-electron chi connectivity index (χ1n) is 6.06. The van der Waals surface area contributed by atoms with E-state index >= 15 is 0 Å². The minimum Gasteiger partial charge on any atom is -0.327 e. The molecule has 0 unspecified atom stereocenters. The van der Waals surface area contributed by atoms with Crippen molar-refractivity contribution < 1.29 is 4.39 Å². The number of rotatable bonds is 6. The summed E-state index contributed by atoms with van der Waals surface area (Å²) in [4.78, 5) is 4.49. The van der Waals surface area contributed by atoms with E-state index in [-0.39, 0.29) is 5.82 Å². The van der Waals surface area contributed by atoms with Gasteiger partial charge in [-0.2, -0.15) is 11.8 Å². The second kappa shape index (κ2) is 7.13. The molecule has 0 radical (unpaired) electrons. The highest BCUT2D eigenvalue weighted by Crippen LogP contribution is 2.23. The molecule has 0 spiro atoms. The Morgan fingerprint density at radius 1 is 1.42 bits per heavy atom. The number of hydrogen-bond donors (Lipinski definition) is 0. The summed E-state index contributed by atoms with van der Waals surface area (Å²) in [6.07, 6.45) is 4.31. The summed E-state index contributed by atoms with van der Waals surface area (Å²) < 4.78 is 16.3. The van der Waals surface area contributed by atoms with Gasteiger partial charge in [0.15, 0.2) is 0 Å². The van der Waals surface area contributed by atoms with Crippen molar-refractivity contribution in [1.82, 2.24) is 9.55 Å². The van der Waals surface area contributed by atoms with E-state index in [0.717, 1.165) is 42.0 Å². The molecule has 0 bridgehead atoms. The molecule has 1 aromatic heterocycles. The van der Waals surface area contributed by atoms with Crippen LogP contribution < -0.4 is 0 Å². The van der Waals surface area contributed by atoms with Gasteiger partial charge in [0.05, 0.1) is 20.5 Å². The number of aryl methyl sites for hydroxylation is 1. The molecule has 2 nitrogen and oxygen atoms in total. The predicted octanol–water partition coefficient (Wildman–Crippen LogP) is 4.66. The first kappa shape index (κ1) is 15.4. The lowest BCUT2D eigenvalue weighted by molar-refractivity contribution is 0.613. The summed E-state index contributed by atoms with van der Waals surface area (Å²) in [5, 5.41) is 0. The average molecular weight is 413 g/mol. The Balaban J connectivity index is 2.31. The predicted molar refractivity (Wildman–Crippen MR) is 89.6 cm³/mol. The SMILES string of the molecule is CSCCCCn1c(CCl)nc2cc(I)c(F)cc21. The minimum absolute atomic E-state index is 0.195. The number of hydrogen-bond acceptors (Lipinski definition) is 2. The average Bonchev–Trinajstić information content (AvgIpc) is 2.73. The van der Waals surface area contributed by atoms with Crippen molar-refractivity contribution >= 4 is 57.0 Å². The third-order valence-corrected chi connectivity index (χ3v) is 4.73. The highest BCUT2D eigenvalue weighted by Gasteiger charge is 2.12. The van der Waals surface area contributed by atoms with Crippen LogP contribution >= 0.6 is 46.0 Å². The molecule has 1 aromatic carbocycles. The summed E-state index contributed by atoms with van der Waals surface area (Å²) in [5.41, 5.74) is 1.67. The Morgan fingerprint density at radius 2 is 2.21 bits per heavy atom. The Labute approximate surface area is 135 Å². The largest absolute Gasteiger partial charge is 0.327 e. The number of benzene rings is 1. The third-order valence-electron chi connectivity index (χ3n) is 2.97.